The number of ketones is 1. The first-order valence-corrected chi connectivity index (χ1v) is 11.3. The largest absolute Gasteiger partial charge is 0.345 e. The Kier molecular flexibility index (Phi) is 6.06. The molecule has 2 aromatic heterocycles. The fourth-order valence-electron chi connectivity index (χ4n) is 4.47. The van der Waals surface area contributed by atoms with Gasteiger partial charge in [-0.05, 0) is 42.5 Å². The van der Waals surface area contributed by atoms with Crippen LogP contribution in [0.2, 0.25) is 0 Å². The first-order valence-electron chi connectivity index (χ1n) is 11.3. The van der Waals surface area contributed by atoms with Crippen LogP contribution in [0.25, 0.3) is 11.0 Å². The number of rotatable bonds is 4. The molecule has 3 aromatic rings. The van der Waals surface area contributed by atoms with Crippen molar-refractivity contribution in [2.75, 3.05) is 19.6 Å². The topological polar surface area (TPSA) is 86.4 Å². The summed E-state index contributed by atoms with van der Waals surface area (Å²) in [6.45, 7) is 9.37. The van der Waals surface area contributed by atoms with Gasteiger partial charge in [-0.2, -0.15) is 0 Å². The van der Waals surface area contributed by atoms with Crippen LogP contribution in [-0.2, 0) is 11.2 Å². The molecule has 0 bridgehead atoms. The number of pyridine rings is 1. The minimum absolute atomic E-state index is 0.0199. The second-order valence-electron chi connectivity index (χ2n) is 9.93. The highest BCUT2D eigenvalue weighted by molar-refractivity contribution is 6.45. The lowest BCUT2D eigenvalue weighted by Gasteiger charge is -2.39. The molecule has 1 aliphatic heterocycles. The number of hydrogen-bond acceptors (Lipinski definition) is 4. The van der Waals surface area contributed by atoms with Crippen LogP contribution in [0.1, 0.15) is 54.0 Å². The molecule has 0 radical (unpaired) electrons. The van der Waals surface area contributed by atoms with Crippen molar-refractivity contribution >= 4 is 28.6 Å². The first-order chi connectivity index (χ1) is 15.7. The van der Waals surface area contributed by atoms with Gasteiger partial charge in [0.1, 0.15) is 5.65 Å². The summed E-state index contributed by atoms with van der Waals surface area (Å²) in [5, 5.41) is 0.719. The smallest absolute Gasteiger partial charge is 0.295 e. The van der Waals surface area contributed by atoms with Gasteiger partial charge < -0.3 is 14.8 Å². The third-order valence-corrected chi connectivity index (χ3v) is 6.02. The van der Waals surface area contributed by atoms with E-state index in [0.29, 0.717) is 36.4 Å². The van der Waals surface area contributed by atoms with Crippen LogP contribution in [-0.4, -0.2) is 63.0 Å². The molecule has 33 heavy (non-hydrogen) atoms. The zero-order valence-electron chi connectivity index (χ0n) is 19.6. The van der Waals surface area contributed by atoms with Gasteiger partial charge in [0.15, 0.2) is 0 Å². The molecule has 4 rings (SSSR count). The number of Topliss-reactive ketones (excluding diaryl/α,β-unsaturated/α-hetero) is 1. The van der Waals surface area contributed by atoms with Crippen LogP contribution in [0.5, 0.6) is 0 Å². The standard InChI is InChI=1S/C26H30N4O3/c1-17-16-29(24(32)18-8-6-5-7-9-18)12-13-30(17)25(33)22(31)20-15-28-23-21(20)19(10-11-27-23)14-26(2,3)4/h5-11,15,17H,12-14,16H2,1-4H3,(H,27,28)/t17-/m1/s1. The highest BCUT2D eigenvalue weighted by Crippen LogP contribution is 2.28. The van der Waals surface area contributed by atoms with Gasteiger partial charge in [0.05, 0.1) is 5.56 Å². The quantitative estimate of drug-likeness (QED) is 0.489. The summed E-state index contributed by atoms with van der Waals surface area (Å²) in [7, 11) is 0. The fourth-order valence-corrected chi connectivity index (χ4v) is 4.47. The van der Waals surface area contributed by atoms with Crippen LogP contribution in [0.3, 0.4) is 0 Å². The van der Waals surface area contributed by atoms with Gasteiger partial charge >= 0.3 is 0 Å². The minimum Gasteiger partial charge on any atom is -0.345 e. The van der Waals surface area contributed by atoms with Gasteiger partial charge in [0.25, 0.3) is 17.6 Å². The number of aromatic amines is 1. The van der Waals surface area contributed by atoms with Crippen molar-refractivity contribution in [1.29, 1.82) is 0 Å². The number of amides is 2. The summed E-state index contributed by atoms with van der Waals surface area (Å²) in [6.07, 6.45) is 4.07. The number of H-pyrrole nitrogens is 1. The Balaban J connectivity index is 1.53. The third-order valence-electron chi connectivity index (χ3n) is 6.02. The molecule has 172 valence electrons. The molecule has 1 aromatic carbocycles. The number of hydrogen-bond donors (Lipinski definition) is 1. The van der Waals surface area contributed by atoms with E-state index in [-0.39, 0.29) is 17.4 Å². The Labute approximate surface area is 193 Å². The molecule has 1 fully saturated rings. The Hall–Kier alpha value is -3.48. The number of carbonyl (C=O) groups excluding carboxylic acids is 3. The van der Waals surface area contributed by atoms with E-state index in [4.69, 9.17) is 0 Å². The lowest BCUT2D eigenvalue weighted by molar-refractivity contribution is -0.130. The molecular weight excluding hydrogens is 416 g/mol. The van der Waals surface area contributed by atoms with E-state index in [9.17, 15) is 14.4 Å². The number of carbonyl (C=O) groups is 3. The second kappa shape index (κ2) is 8.81. The summed E-state index contributed by atoms with van der Waals surface area (Å²) in [4.78, 5) is 50.0. The summed E-state index contributed by atoms with van der Waals surface area (Å²) in [6, 6.07) is 10.8. The summed E-state index contributed by atoms with van der Waals surface area (Å²) in [5.74, 6) is -1.14. The molecule has 0 spiro atoms. The average Bonchev–Trinajstić information content (AvgIpc) is 3.22. The Morgan fingerprint density at radius 2 is 1.82 bits per heavy atom. The van der Waals surface area contributed by atoms with Crippen molar-refractivity contribution in [3.8, 4) is 0 Å². The summed E-state index contributed by atoms with van der Waals surface area (Å²) < 4.78 is 0. The number of nitrogens with one attached hydrogen (secondary N) is 1. The lowest BCUT2D eigenvalue weighted by Crippen LogP contribution is -2.56. The molecule has 0 unspecified atom stereocenters. The molecule has 2 amide bonds. The maximum atomic E-state index is 13.3. The lowest BCUT2D eigenvalue weighted by atomic mass is 9.86. The van der Waals surface area contributed by atoms with Crippen LogP contribution < -0.4 is 0 Å². The van der Waals surface area contributed by atoms with Crippen molar-refractivity contribution < 1.29 is 14.4 Å². The van der Waals surface area contributed by atoms with Crippen molar-refractivity contribution in [3.63, 3.8) is 0 Å². The van der Waals surface area contributed by atoms with E-state index in [1.807, 2.05) is 31.2 Å². The zero-order valence-corrected chi connectivity index (χ0v) is 19.6. The molecule has 1 N–H and O–H groups in total. The average molecular weight is 447 g/mol. The predicted octanol–water partition coefficient (Wildman–Crippen LogP) is 3.71. The van der Waals surface area contributed by atoms with E-state index in [0.717, 1.165) is 17.4 Å². The second-order valence-corrected chi connectivity index (χ2v) is 9.93. The number of piperazine rings is 1. The predicted molar refractivity (Wildman–Crippen MR) is 127 cm³/mol. The Bertz CT molecular complexity index is 1190. The minimum atomic E-state index is -0.543. The van der Waals surface area contributed by atoms with E-state index in [1.54, 1.807) is 34.3 Å². The number of aromatic nitrogens is 2. The molecule has 7 heteroatoms. The Morgan fingerprint density at radius 1 is 1.09 bits per heavy atom. The fraction of sp³-hybridized carbons (Fsp3) is 0.385. The maximum absolute atomic E-state index is 13.3. The van der Waals surface area contributed by atoms with E-state index < -0.39 is 11.7 Å². The van der Waals surface area contributed by atoms with Gasteiger partial charge in [-0.1, -0.05) is 39.0 Å². The zero-order chi connectivity index (χ0) is 23.8. The van der Waals surface area contributed by atoms with E-state index in [1.165, 1.54) is 0 Å². The van der Waals surface area contributed by atoms with Gasteiger partial charge in [-0.3, -0.25) is 14.4 Å². The maximum Gasteiger partial charge on any atom is 0.295 e. The van der Waals surface area contributed by atoms with Crippen LogP contribution >= 0.6 is 0 Å². The molecule has 3 heterocycles. The van der Waals surface area contributed by atoms with Gasteiger partial charge in [0, 0.05) is 49.0 Å². The van der Waals surface area contributed by atoms with E-state index in [2.05, 4.69) is 30.7 Å². The number of nitrogens with zero attached hydrogens (tertiary/aromatic N) is 3. The van der Waals surface area contributed by atoms with E-state index >= 15 is 0 Å². The SMILES string of the molecule is C[C@@H]1CN(C(=O)c2ccccc2)CCN1C(=O)C(=O)c1c[nH]c2nccc(CC(C)(C)C)c12. The Morgan fingerprint density at radius 3 is 2.48 bits per heavy atom. The van der Waals surface area contributed by atoms with Crippen molar-refractivity contribution in [2.24, 2.45) is 5.41 Å². The van der Waals surface area contributed by atoms with Crippen molar-refractivity contribution in [2.45, 2.75) is 40.2 Å². The van der Waals surface area contributed by atoms with Crippen LogP contribution in [0.15, 0.2) is 48.8 Å². The van der Waals surface area contributed by atoms with Crippen molar-refractivity contribution in [3.05, 3.63) is 65.5 Å². The molecular formula is C26H30N4O3. The van der Waals surface area contributed by atoms with Gasteiger partial charge in [-0.15, -0.1) is 0 Å². The molecule has 1 saturated heterocycles. The molecule has 7 nitrogen and oxygen atoms in total. The summed E-state index contributed by atoms with van der Waals surface area (Å²) >= 11 is 0. The molecule has 0 aliphatic carbocycles. The van der Waals surface area contributed by atoms with Gasteiger partial charge in [0.2, 0.25) is 0 Å². The van der Waals surface area contributed by atoms with Gasteiger partial charge in [-0.25, -0.2) is 4.98 Å². The monoisotopic (exact) mass is 446 g/mol. The molecule has 0 saturated carbocycles. The highest BCUT2D eigenvalue weighted by Gasteiger charge is 2.34. The number of benzene rings is 1. The van der Waals surface area contributed by atoms with Crippen LogP contribution in [0, 0.1) is 5.41 Å². The van der Waals surface area contributed by atoms with Crippen molar-refractivity contribution in [1.82, 2.24) is 19.8 Å². The van der Waals surface area contributed by atoms with Crippen LogP contribution in [0.4, 0.5) is 0 Å². The molecule has 1 aliphatic rings. The first kappa shape index (κ1) is 22.7. The molecule has 1 atom stereocenters. The highest BCUT2D eigenvalue weighted by atomic mass is 16.2. The summed E-state index contributed by atoms with van der Waals surface area (Å²) in [5.41, 5.74) is 2.61. The normalized spacial score (nSPS) is 16.8. The number of fused-ring (bicyclic) bond motifs is 1. The third kappa shape index (κ3) is 4.67.